The molecule has 2 saturated heterocycles. The lowest BCUT2D eigenvalue weighted by Gasteiger charge is -2.48. The van der Waals surface area contributed by atoms with Gasteiger partial charge in [0.25, 0.3) is 0 Å². The van der Waals surface area contributed by atoms with Crippen LogP contribution in [-0.4, -0.2) is 104 Å². The summed E-state index contributed by atoms with van der Waals surface area (Å²) in [7, 11) is 0. The SMILES string of the molecule is O=C1OCCC2(O)C1=COC(OC1OC(CO)C(O)C(O)C1O)C2C(O)CCl. The summed E-state index contributed by atoms with van der Waals surface area (Å²) in [5.74, 6) is -2.40. The summed E-state index contributed by atoms with van der Waals surface area (Å²) < 4.78 is 21.0. The van der Waals surface area contributed by atoms with E-state index in [4.69, 9.17) is 30.5 Å². The summed E-state index contributed by atoms with van der Waals surface area (Å²) in [4.78, 5) is 12.0. The molecule has 3 aliphatic heterocycles. The Hall–Kier alpha value is -1.02. The fourth-order valence-corrected chi connectivity index (χ4v) is 3.85. The minimum absolute atomic E-state index is 0.0545. The summed E-state index contributed by atoms with van der Waals surface area (Å²) >= 11 is 5.74. The number of ether oxygens (including phenoxy) is 4. The number of carbonyl (C=O) groups excluding carboxylic acids is 1. The zero-order valence-corrected chi connectivity index (χ0v) is 15.4. The summed E-state index contributed by atoms with van der Waals surface area (Å²) in [6, 6.07) is 0. The maximum Gasteiger partial charge on any atom is 0.340 e. The lowest BCUT2D eigenvalue weighted by molar-refractivity contribution is -0.351. The van der Waals surface area contributed by atoms with Crippen LogP contribution in [0, 0.1) is 5.92 Å². The molecular weight excluding hydrogens is 404 g/mol. The lowest BCUT2D eigenvalue weighted by atomic mass is 9.73. The molecule has 9 unspecified atom stereocenters. The molecule has 9 atom stereocenters. The van der Waals surface area contributed by atoms with Gasteiger partial charge in [0.15, 0.2) is 6.29 Å². The molecule has 0 radical (unpaired) electrons. The van der Waals surface area contributed by atoms with Crippen LogP contribution in [0.4, 0.5) is 0 Å². The van der Waals surface area contributed by atoms with Gasteiger partial charge < -0.3 is 49.6 Å². The highest BCUT2D eigenvalue weighted by Crippen LogP contribution is 2.43. The van der Waals surface area contributed by atoms with E-state index in [1.165, 1.54) is 0 Å². The van der Waals surface area contributed by atoms with E-state index < -0.39 is 67.2 Å². The summed E-state index contributed by atoms with van der Waals surface area (Å²) in [5, 5.41) is 60.6. The van der Waals surface area contributed by atoms with E-state index in [2.05, 4.69) is 0 Å². The average Bonchev–Trinajstić information content (AvgIpc) is 2.67. The predicted molar refractivity (Wildman–Crippen MR) is 88.6 cm³/mol. The van der Waals surface area contributed by atoms with Crippen molar-refractivity contribution in [3.8, 4) is 0 Å². The van der Waals surface area contributed by atoms with E-state index in [-0.39, 0.29) is 24.5 Å². The Morgan fingerprint density at radius 1 is 1.25 bits per heavy atom. The number of aliphatic hydroxyl groups is 6. The molecule has 3 heterocycles. The highest BCUT2D eigenvalue weighted by atomic mass is 35.5. The molecule has 12 heteroatoms. The van der Waals surface area contributed by atoms with Crippen LogP contribution in [0.5, 0.6) is 0 Å². The second kappa shape index (κ2) is 8.38. The molecule has 0 aromatic heterocycles. The van der Waals surface area contributed by atoms with Gasteiger partial charge in [-0.2, -0.15) is 0 Å². The first-order valence-corrected chi connectivity index (χ1v) is 9.23. The number of rotatable bonds is 5. The first-order chi connectivity index (χ1) is 13.2. The Kier molecular flexibility index (Phi) is 6.49. The predicted octanol–water partition coefficient (Wildman–Crippen LogP) is -3.06. The normalized spacial score (nSPS) is 44.8. The fourth-order valence-electron chi connectivity index (χ4n) is 3.65. The molecule has 6 N–H and O–H groups in total. The topological polar surface area (TPSA) is 175 Å². The number of carbonyl (C=O) groups is 1. The van der Waals surface area contributed by atoms with Gasteiger partial charge in [-0.1, -0.05) is 0 Å². The molecule has 0 aromatic carbocycles. The summed E-state index contributed by atoms with van der Waals surface area (Å²) in [6.45, 7) is -0.769. The Labute approximate surface area is 164 Å². The molecule has 160 valence electrons. The zero-order chi connectivity index (χ0) is 20.6. The molecule has 0 amide bonds. The van der Waals surface area contributed by atoms with Crippen molar-refractivity contribution in [1.29, 1.82) is 0 Å². The van der Waals surface area contributed by atoms with E-state index in [9.17, 15) is 35.4 Å². The minimum atomic E-state index is -1.87. The highest BCUT2D eigenvalue weighted by molar-refractivity contribution is 6.18. The van der Waals surface area contributed by atoms with E-state index in [1.807, 2.05) is 0 Å². The van der Waals surface area contributed by atoms with Crippen LogP contribution < -0.4 is 0 Å². The second-order valence-corrected chi connectivity index (χ2v) is 7.24. The van der Waals surface area contributed by atoms with Crippen LogP contribution in [0.25, 0.3) is 0 Å². The van der Waals surface area contributed by atoms with Crippen LogP contribution >= 0.6 is 11.6 Å². The molecule has 0 aromatic rings. The van der Waals surface area contributed by atoms with Crippen molar-refractivity contribution in [1.82, 2.24) is 0 Å². The van der Waals surface area contributed by atoms with Crippen molar-refractivity contribution < 1.29 is 54.4 Å². The van der Waals surface area contributed by atoms with Gasteiger partial charge in [0, 0.05) is 12.3 Å². The van der Waals surface area contributed by atoms with E-state index in [1.54, 1.807) is 0 Å². The Balaban J connectivity index is 1.87. The van der Waals surface area contributed by atoms with Crippen molar-refractivity contribution in [2.75, 3.05) is 19.1 Å². The van der Waals surface area contributed by atoms with E-state index in [0.717, 1.165) is 6.26 Å². The Morgan fingerprint density at radius 3 is 2.61 bits per heavy atom. The molecular formula is C16H23ClO11. The van der Waals surface area contributed by atoms with Gasteiger partial charge >= 0.3 is 5.97 Å². The first kappa shape index (κ1) is 21.7. The number of aliphatic hydroxyl groups excluding tert-OH is 5. The van der Waals surface area contributed by atoms with Crippen molar-refractivity contribution in [3.63, 3.8) is 0 Å². The maximum atomic E-state index is 12.0. The van der Waals surface area contributed by atoms with Gasteiger partial charge in [0.05, 0.1) is 31.5 Å². The molecule has 0 spiro atoms. The van der Waals surface area contributed by atoms with Crippen molar-refractivity contribution >= 4 is 17.6 Å². The third-order valence-electron chi connectivity index (χ3n) is 5.26. The van der Waals surface area contributed by atoms with Gasteiger partial charge in [0.2, 0.25) is 6.29 Å². The third-order valence-corrected chi connectivity index (χ3v) is 5.57. The molecule has 3 rings (SSSR count). The molecule has 0 aliphatic carbocycles. The van der Waals surface area contributed by atoms with Crippen LogP contribution in [0.15, 0.2) is 11.8 Å². The number of esters is 1. The van der Waals surface area contributed by atoms with Gasteiger partial charge in [-0.15, -0.1) is 11.6 Å². The number of hydrogen-bond donors (Lipinski definition) is 6. The second-order valence-electron chi connectivity index (χ2n) is 6.93. The van der Waals surface area contributed by atoms with Crippen LogP contribution in [0.3, 0.4) is 0 Å². The van der Waals surface area contributed by atoms with Crippen LogP contribution in [0.1, 0.15) is 6.42 Å². The molecule has 0 bridgehead atoms. The Morgan fingerprint density at radius 2 is 1.96 bits per heavy atom. The summed E-state index contributed by atoms with van der Waals surface area (Å²) in [5.41, 5.74) is -2.08. The third kappa shape index (κ3) is 3.62. The number of fused-ring (bicyclic) bond motifs is 1. The van der Waals surface area contributed by atoms with Gasteiger partial charge in [-0.25, -0.2) is 4.79 Å². The molecule has 28 heavy (non-hydrogen) atoms. The van der Waals surface area contributed by atoms with Crippen LogP contribution in [0.2, 0.25) is 0 Å². The standard InChI is InChI=1S/C16H23ClO11/c17-3-7(19)9-14(26-5-6-13(23)25-2-1-16(6,9)24)28-15-12(22)11(21)10(20)8(4-18)27-15/h5,7-12,14-15,18-22,24H,1-4H2. The number of halogens is 1. The number of alkyl halides is 1. The highest BCUT2D eigenvalue weighted by Gasteiger charge is 2.57. The molecule has 11 nitrogen and oxygen atoms in total. The largest absolute Gasteiger partial charge is 0.471 e. The van der Waals surface area contributed by atoms with E-state index >= 15 is 0 Å². The van der Waals surface area contributed by atoms with Crippen molar-refractivity contribution in [3.05, 3.63) is 11.8 Å². The lowest BCUT2D eigenvalue weighted by Crippen LogP contribution is -2.63. The number of hydrogen-bond acceptors (Lipinski definition) is 11. The first-order valence-electron chi connectivity index (χ1n) is 8.70. The van der Waals surface area contributed by atoms with Crippen molar-refractivity contribution in [2.45, 2.75) is 55.1 Å². The number of cyclic esters (lactones) is 1. The fraction of sp³-hybridized carbons (Fsp3) is 0.812. The van der Waals surface area contributed by atoms with Crippen LogP contribution in [-0.2, 0) is 23.7 Å². The molecule has 0 saturated carbocycles. The molecule has 3 aliphatic rings. The van der Waals surface area contributed by atoms with Gasteiger partial charge in [-0.05, 0) is 0 Å². The smallest absolute Gasteiger partial charge is 0.340 e. The van der Waals surface area contributed by atoms with E-state index in [0.29, 0.717) is 0 Å². The quantitative estimate of drug-likeness (QED) is 0.194. The molecule has 2 fully saturated rings. The zero-order valence-electron chi connectivity index (χ0n) is 14.6. The van der Waals surface area contributed by atoms with Crippen molar-refractivity contribution in [2.24, 2.45) is 5.92 Å². The monoisotopic (exact) mass is 426 g/mol. The van der Waals surface area contributed by atoms with Gasteiger partial charge in [0.1, 0.15) is 35.6 Å². The van der Waals surface area contributed by atoms with Gasteiger partial charge in [-0.3, -0.25) is 0 Å². The minimum Gasteiger partial charge on any atom is -0.471 e. The maximum absolute atomic E-state index is 12.0. The average molecular weight is 427 g/mol. The Bertz CT molecular complexity index is 613. The summed E-state index contributed by atoms with van der Waals surface area (Å²) in [6.07, 6.45) is -9.70.